The molecule has 28 heavy (non-hydrogen) atoms. The molecule has 3 aromatic rings. The molecule has 0 unspecified atom stereocenters. The van der Waals surface area contributed by atoms with Gasteiger partial charge >= 0.3 is 5.69 Å². The Morgan fingerprint density at radius 3 is 2.86 bits per heavy atom. The van der Waals surface area contributed by atoms with Gasteiger partial charge in [0.2, 0.25) is 5.58 Å². The quantitative estimate of drug-likeness (QED) is 0.389. The fourth-order valence-corrected chi connectivity index (χ4v) is 3.58. The number of hydrogen-bond acceptors (Lipinski definition) is 7. The molecule has 1 aliphatic rings. The Balaban J connectivity index is 1.70. The van der Waals surface area contributed by atoms with Gasteiger partial charge in [0, 0.05) is 37.3 Å². The van der Waals surface area contributed by atoms with Crippen molar-refractivity contribution in [3.8, 4) is 0 Å². The first kappa shape index (κ1) is 18.2. The normalized spacial score (nSPS) is 14.2. The van der Waals surface area contributed by atoms with E-state index in [1.165, 1.54) is 0 Å². The number of aromatic nitrogens is 2. The van der Waals surface area contributed by atoms with Crippen LogP contribution in [0.3, 0.4) is 0 Å². The second-order valence-electron chi connectivity index (χ2n) is 6.47. The second kappa shape index (κ2) is 6.77. The minimum Gasteiger partial charge on any atom is -0.456 e. The van der Waals surface area contributed by atoms with Crippen molar-refractivity contribution >= 4 is 28.9 Å². The molecule has 0 saturated carbocycles. The van der Waals surface area contributed by atoms with Gasteiger partial charge in [-0.15, -0.1) is 0 Å². The number of rotatable bonds is 3. The van der Waals surface area contributed by atoms with Gasteiger partial charge in [-0.25, -0.2) is 4.39 Å². The average Bonchev–Trinajstić information content (AvgIpc) is 2.64. The van der Waals surface area contributed by atoms with Crippen molar-refractivity contribution in [1.82, 2.24) is 14.9 Å². The highest BCUT2D eigenvalue weighted by atomic mass is 32.1. The summed E-state index contributed by atoms with van der Waals surface area (Å²) in [7, 11) is 0. The molecule has 0 atom stereocenters. The molecule has 0 radical (unpaired) electrons. The van der Waals surface area contributed by atoms with E-state index in [9.17, 15) is 24.1 Å². The number of halogens is 1. The van der Waals surface area contributed by atoms with Gasteiger partial charge in [0.15, 0.2) is 10.2 Å². The molecular weight excluding hydrogens is 391 g/mol. The molecule has 1 aromatic carbocycles. The van der Waals surface area contributed by atoms with E-state index < -0.39 is 21.9 Å². The van der Waals surface area contributed by atoms with E-state index in [1.807, 2.05) is 4.90 Å². The third-order valence-corrected chi connectivity index (χ3v) is 4.87. The van der Waals surface area contributed by atoms with Crippen molar-refractivity contribution in [3.05, 3.63) is 76.5 Å². The van der Waals surface area contributed by atoms with Crippen molar-refractivity contribution in [2.24, 2.45) is 0 Å². The molecule has 0 bridgehead atoms. The van der Waals surface area contributed by atoms with Crippen LogP contribution in [0.25, 0.3) is 11.0 Å². The lowest BCUT2D eigenvalue weighted by Crippen LogP contribution is -2.36. The van der Waals surface area contributed by atoms with Crippen LogP contribution in [0.4, 0.5) is 10.1 Å². The Bertz CT molecular complexity index is 1300. The highest BCUT2D eigenvalue weighted by Crippen LogP contribution is 2.26. The van der Waals surface area contributed by atoms with Crippen LogP contribution in [0.2, 0.25) is 0 Å². The van der Waals surface area contributed by atoms with Crippen LogP contribution in [0.15, 0.2) is 32.4 Å². The molecule has 144 valence electrons. The molecule has 2 aromatic heterocycles. The van der Waals surface area contributed by atoms with E-state index in [0.717, 1.165) is 18.0 Å². The van der Waals surface area contributed by atoms with Crippen LogP contribution < -0.4 is 11.0 Å². The number of H-pyrrole nitrogens is 2. The van der Waals surface area contributed by atoms with E-state index in [1.54, 1.807) is 0 Å². The summed E-state index contributed by atoms with van der Waals surface area (Å²) in [5, 5.41) is 10.9. The number of fused-ring (bicyclic) bond motifs is 2. The summed E-state index contributed by atoms with van der Waals surface area (Å²) in [6, 6.07) is 1.64. The number of nitrogens with one attached hydrogen (secondary N) is 2. The monoisotopic (exact) mass is 404 g/mol. The average molecular weight is 404 g/mol. The van der Waals surface area contributed by atoms with Gasteiger partial charge in [0.05, 0.1) is 28.2 Å². The van der Waals surface area contributed by atoms with E-state index >= 15 is 0 Å². The molecule has 3 heterocycles. The van der Waals surface area contributed by atoms with Crippen molar-refractivity contribution in [3.63, 3.8) is 0 Å². The fraction of sp³-hybridized carbons (Fsp3) is 0.235. The standard InChI is InChI=1S/C17H13FN4O5S/c18-9-3-10-14(23)8(7-27-15(10)13(4-9)22(25)26)5-21-2-1-12-11(6-21)16(24)20-17(28)19-12/h3-4,7H,1-2,5-6H2,(H2,19,20,24,28). The topological polar surface area (TPSA) is 125 Å². The van der Waals surface area contributed by atoms with Gasteiger partial charge in [-0.3, -0.25) is 29.6 Å². The Morgan fingerprint density at radius 1 is 1.32 bits per heavy atom. The second-order valence-corrected chi connectivity index (χ2v) is 6.88. The first-order valence-corrected chi connectivity index (χ1v) is 8.69. The molecule has 9 nitrogen and oxygen atoms in total. The number of hydrogen-bond donors (Lipinski definition) is 2. The van der Waals surface area contributed by atoms with Gasteiger partial charge < -0.3 is 9.40 Å². The van der Waals surface area contributed by atoms with E-state index in [-0.39, 0.29) is 40.0 Å². The van der Waals surface area contributed by atoms with E-state index in [0.29, 0.717) is 24.6 Å². The van der Waals surface area contributed by atoms with E-state index in [4.69, 9.17) is 16.6 Å². The largest absolute Gasteiger partial charge is 0.456 e. The molecule has 11 heteroatoms. The minimum absolute atomic E-state index is 0.150. The third kappa shape index (κ3) is 3.14. The van der Waals surface area contributed by atoms with Crippen molar-refractivity contribution < 1.29 is 13.7 Å². The lowest BCUT2D eigenvalue weighted by molar-refractivity contribution is -0.383. The molecule has 2 N–H and O–H groups in total. The summed E-state index contributed by atoms with van der Waals surface area (Å²) >= 11 is 4.96. The lowest BCUT2D eigenvalue weighted by atomic mass is 10.1. The number of nitrogens with zero attached hydrogens (tertiary/aromatic N) is 2. The highest BCUT2D eigenvalue weighted by Gasteiger charge is 2.23. The summed E-state index contributed by atoms with van der Waals surface area (Å²) in [5.74, 6) is -0.891. The number of nitro groups is 1. The third-order valence-electron chi connectivity index (χ3n) is 4.67. The molecular formula is C17H13FN4O5S. The fourth-order valence-electron chi connectivity index (χ4n) is 3.36. The van der Waals surface area contributed by atoms with Crippen LogP contribution in [0, 0.1) is 20.7 Å². The van der Waals surface area contributed by atoms with E-state index in [2.05, 4.69) is 9.97 Å². The summed E-state index contributed by atoms with van der Waals surface area (Å²) < 4.78 is 19.3. The molecule has 0 spiro atoms. The van der Waals surface area contributed by atoms with Crippen molar-refractivity contribution in [1.29, 1.82) is 0 Å². The molecule has 4 rings (SSSR count). The van der Waals surface area contributed by atoms with Gasteiger partial charge in [-0.2, -0.15) is 0 Å². The maximum absolute atomic E-state index is 13.7. The Morgan fingerprint density at radius 2 is 2.11 bits per heavy atom. The predicted octanol–water partition coefficient (Wildman–Crippen LogP) is 2.14. The number of benzene rings is 1. The maximum Gasteiger partial charge on any atom is 0.315 e. The lowest BCUT2D eigenvalue weighted by Gasteiger charge is -2.27. The highest BCUT2D eigenvalue weighted by molar-refractivity contribution is 7.71. The van der Waals surface area contributed by atoms with Crippen molar-refractivity contribution in [2.75, 3.05) is 6.54 Å². The smallest absolute Gasteiger partial charge is 0.315 e. The minimum atomic E-state index is -0.891. The summed E-state index contributed by atoms with van der Waals surface area (Å²) in [6.07, 6.45) is 1.69. The Labute approximate surface area is 160 Å². The zero-order valence-corrected chi connectivity index (χ0v) is 15.1. The van der Waals surface area contributed by atoms with Gasteiger partial charge in [-0.05, 0) is 18.3 Å². The van der Waals surface area contributed by atoms with Crippen LogP contribution in [0.1, 0.15) is 16.8 Å². The number of nitro benzene ring substituents is 1. The first-order valence-electron chi connectivity index (χ1n) is 8.28. The zero-order chi connectivity index (χ0) is 20.0. The summed E-state index contributed by atoms with van der Waals surface area (Å²) in [4.78, 5) is 42.5. The summed E-state index contributed by atoms with van der Waals surface area (Å²) in [5.41, 5.74) is -0.195. The zero-order valence-electron chi connectivity index (χ0n) is 14.3. The van der Waals surface area contributed by atoms with Crippen LogP contribution in [-0.2, 0) is 19.5 Å². The molecule has 0 saturated heterocycles. The SMILES string of the molecule is O=c1[nH]c(=S)[nH]c2c1CN(Cc1coc3c([N+](=O)[O-])cc(F)cc3c1=O)CC2. The molecule has 0 fully saturated rings. The van der Waals surface area contributed by atoms with Crippen LogP contribution >= 0.6 is 12.2 Å². The Kier molecular flexibility index (Phi) is 4.40. The van der Waals surface area contributed by atoms with Crippen LogP contribution in [-0.4, -0.2) is 26.3 Å². The molecule has 0 aliphatic carbocycles. The maximum atomic E-state index is 13.7. The van der Waals surface area contributed by atoms with Crippen molar-refractivity contribution in [2.45, 2.75) is 19.5 Å². The number of non-ortho nitro benzene ring substituents is 1. The van der Waals surface area contributed by atoms with Gasteiger partial charge in [0.25, 0.3) is 5.56 Å². The molecule has 1 aliphatic heterocycles. The van der Waals surface area contributed by atoms with Crippen LogP contribution in [0.5, 0.6) is 0 Å². The van der Waals surface area contributed by atoms with Gasteiger partial charge in [0.1, 0.15) is 5.82 Å². The first-order chi connectivity index (χ1) is 13.3. The predicted molar refractivity (Wildman–Crippen MR) is 99.2 cm³/mol. The number of aromatic amines is 2. The Hall–Kier alpha value is -3.18. The summed E-state index contributed by atoms with van der Waals surface area (Å²) in [6.45, 7) is 0.997. The molecule has 0 amide bonds. The van der Waals surface area contributed by atoms with Gasteiger partial charge in [-0.1, -0.05) is 0 Å².